The molecule has 0 saturated carbocycles. The first kappa shape index (κ1) is 17.7. The first-order chi connectivity index (χ1) is 13.3. The minimum absolute atomic E-state index is 0.519. The zero-order chi connectivity index (χ0) is 18.6. The molecule has 0 radical (unpaired) electrons. The van der Waals surface area contributed by atoms with Crippen molar-refractivity contribution in [3.63, 3.8) is 0 Å². The quantitative estimate of drug-likeness (QED) is 0.430. The van der Waals surface area contributed by atoms with Crippen molar-refractivity contribution in [2.45, 2.75) is 24.3 Å². The average molecular weight is 400 g/mol. The summed E-state index contributed by atoms with van der Waals surface area (Å²) in [5, 5.41) is 15.5. The second-order valence-electron chi connectivity index (χ2n) is 5.54. The Morgan fingerprint density at radius 3 is 2.81 bits per heavy atom. The summed E-state index contributed by atoms with van der Waals surface area (Å²) in [6.07, 6.45) is 0.744. The first-order valence-corrected chi connectivity index (χ1v) is 10.2. The lowest BCUT2D eigenvalue weighted by atomic mass is 10.3. The number of thioether (sulfide) groups is 1. The summed E-state index contributed by atoms with van der Waals surface area (Å²) in [6.45, 7) is 1.99. The highest BCUT2D eigenvalue weighted by Crippen LogP contribution is 2.34. The van der Waals surface area contributed by atoms with Crippen LogP contribution in [-0.2, 0) is 12.2 Å². The molecule has 0 atom stereocenters. The third-order valence-corrected chi connectivity index (χ3v) is 5.63. The van der Waals surface area contributed by atoms with E-state index in [0.717, 1.165) is 33.7 Å². The Bertz CT molecular complexity index is 1030. The van der Waals surface area contributed by atoms with E-state index in [9.17, 15) is 0 Å². The minimum Gasteiger partial charge on any atom is -0.495 e. The molecule has 4 aromatic rings. The van der Waals surface area contributed by atoms with Gasteiger partial charge in [0.25, 0.3) is 0 Å². The molecule has 0 aliphatic carbocycles. The van der Waals surface area contributed by atoms with Crippen LogP contribution in [0, 0.1) is 0 Å². The summed E-state index contributed by atoms with van der Waals surface area (Å²) in [4.78, 5) is 5.39. The van der Waals surface area contributed by atoms with Gasteiger partial charge in [0, 0.05) is 6.42 Å². The molecule has 0 bridgehead atoms. The van der Waals surface area contributed by atoms with Crippen molar-refractivity contribution in [1.82, 2.24) is 24.9 Å². The van der Waals surface area contributed by atoms with Crippen molar-refractivity contribution in [2.24, 2.45) is 0 Å². The Morgan fingerprint density at radius 1 is 1.19 bits per heavy atom. The van der Waals surface area contributed by atoms with Gasteiger partial charge in [0.1, 0.15) is 5.75 Å². The average Bonchev–Trinajstić information content (AvgIpc) is 3.46. The Morgan fingerprint density at radius 2 is 2.07 bits per heavy atom. The second kappa shape index (κ2) is 7.93. The summed E-state index contributed by atoms with van der Waals surface area (Å²) < 4.78 is 12.8. The Kier molecular flexibility index (Phi) is 5.21. The highest BCUT2D eigenvalue weighted by atomic mass is 32.2. The number of benzene rings is 1. The summed E-state index contributed by atoms with van der Waals surface area (Å²) >= 11 is 3.12. The normalized spacial score (nSPS) is 11.0. The number of hydrogen-bond acceptors (Lipinski definition) is 8. The molecule has 7 nitrogen and oxygen atoms in total. The van der Waals surface area contributed by atoms with E-state index in [-0.39, 0.29) is 0 Å². The van der Waals surface area contributed by atoms with Crippen molar-refractivity contribution in [1.29, 1.82) is 0 Å². The zero-order valence-corrected chi connectivity index (χ0v) is 16.5. The number of methoxy groups -OCH3 is 1. The van der Waals surface area contributed by atoms with Gasteiger partial charge in [-0.05, 0) is 23.6 Å². The van der Waals surface area contributed by atoms with Crippen molar-refractivity contribution in [3.8, 4) is 22.1 Å². The zero-order valence-electron chi connectivity index (χ0n) is 14.8. The fourth-order valence-electron chi connectivity index (χ4n) is 2.58. The van der Waals surface area contributed by atoms with Crippen LogP contribution in [0.2, 0.25) is 0 Å². The van der Waals surface area contributed by atoms with Gasteiger partial charge in [-0.3, -0.25) is 4.57 Å². The Hall–Kier alpha value is -2.65. The summed E-state index contributed by atoms with van der Waals surface area (Å²) in [7, 11) is 1.66. The van der Waals surface area contributed by atoms with Gasteiger partial charge in [-0.25, -0.2) is 0 Å². The van der Waals surface area contributed by atoms with Crippen molar-refractivity contribution < 1.29 is 9.26 Å². The second-order valence-corrected chi connectivity index (χ2v) is 7.43. The minimum atomic E-state index is 0.519. The standard InChI is InChI=1S/C18H17N5O2S2/c1-3-15-19-16(25-22-15)11-27-18-21-20-17(14-9-6-10-26-14)23(18)12-7-4-5-8-13(12)24-2/h4-10H,3,11H2,1-2H3. The lowest BCUT2D eigenvalue weighted by Crippen LogP contribution is -2.01. The molecule has 3 aromatic heterocycles. The Balaban J connectivity index is 1.73. The van der Waals surface area contributed by atoms with Gasteiger partial charge < -0.3 is 9.26 Å². The molecule has 0 spiro atoms. The van der Waals surface area contributed by atoms with E-state index in [1.807, 2.05) is 53.3 Å². The SMILES string of the molecule is CCc1noc(CSc2nnc(-c3cccs3)n2-c2ccccc2OC)n1. The number of hydrogen-bond donors (Lipinski definition) is 0. The fourth-order valence-corrected chi connectivity index (χ4v) is 4.06. The predicted octanol–water partition coefficient (Wildman–Crippen LogP) is 4.24. The van der Waals surface area contributed by atoms with E-state index in [1.165, 1.54) is 11.8 Å². The van der Waals surface area contributed by atoms with Crippen molar-refractivity contribution >= 4 is 23.1 Å². The highest BCUT2D eigenvalue weighted by Gasteiger charge is 2.20. The highest BCUT2D eigenvalue weighted by molar-refractivity contribution is 7.98. The molecule has 1 aromatic carbocycles. The molecule has 0 saturated heterocycles. The lowest BCUT2D eigenvalue weighted by molar-refractivity contribution is 0.385. The van der Waals surface area contributed by atoms with Gasteiger partial charge in [-0.15, -0.1) is 21.5 Å². The van der Waals surface area contributed by atoms with E-state index < -0.39 is 0 Å². The number of rotatable bonds is 7. The molecule has 27 heavy (non-hydrogen) atoms. The Labute approximate surface area is 164 Å². The molecular weight excluding hydrogens is 382 g/mol. The molecule has 0 unspecified atom stereocenters. The molecule has 0 aliphatic heterocycles. The van der Waals surface area contributed by atoms with Crippen LogP contribution >= 0.6 is 23.1 Å². The maximum absolute atomic E-state index is 5.55. The fraction of sp³-hybridized carbons (Fsp3) is 0.222. The molecule has 138 valence electrons. The van der Waals surface area contributed by atoms with Crippen LogP contribution in [0.15, 0.2) is 51.5 Å². The van der Waals surface area contributed by atoms with Crippen LogP contribution in [0.3, 0.4) is 0 Å². The molecule has 0 fully saturated rings. The van der Waals surface area contributed by atoms with E-state index in [0.29, 0.717) is 17.5 Å². The van der Waals surface area contributed by atoms with Crippen molar-refractivity contribution in [3.05, 3.63) is 53.5 Å². The number of para-hydroxylation sites is 2. The third-order valence-electron chi connectivity index (χ3n) is 3.85. The van der Waals surface area contributed by atoms with E-state index in [1.54, 1.807) is 18.4 Å². The number of thiophene rings is 1. The van der Waals surface area contributed by atoms with E-state index >= 15 is 0 Å². The van der Waals surface area contributed by atoms with Crippen molar-refractivity contribution in [2.75, 3.05) is 7.11 Å². The van der Waals surface area contributed by atoms with Crippen LogP contribution < -0.4 is 4.74 Å². The van der Waals surface area contributed by atoms with Gasteiger partial charge in [0.15, 0.2) is 16.8 Å². The predicted molar refractivity (Wildman–Crippen MR) is 104 cm³/mol. The molecule has 0 amide bonds. The summed E-state index contributed by atoms with van der Waals surface area (Å²) in [5.74, 6) is 3.32. The molecule has 0 aliphatic rings. The maximum atomic E-state index is 5.55. The monoisotopic (exact) mass is 399 g/mol. The molecule has 9 heteroatoms. The number of aryl methyl sites for hydroxylation is 1. The molecule has 4 rings (SSSR count). The van der Waals surface area contributed by atoms with E-state index in [2.05, 4.69) is 20.3 Å². The van der Waals surface area contributed by atoms with Gasteiger partial charge >= 0.3 is 0 Å². The van der Waals surface area contributed by atoms with Crippen LogP contribution in [0.1, 0.15) is 18.6 Å². The first-order valence-electron chi connectivity index (χ1n) is 8.37. The van der Waals surface area contributed by atoms with Gasteiger partial charge in [0.05, 0.1) is 23.4 Å². The van der Waals surface area contributed by atoms with Crippen LogP contribution in [-0.4, -0.2) is 32.0 Å². The number of ether oxygens (including phenoxy) is 1. The van der Waals surface area contributed by atoms with Crippen LogP contribution in [0.5, 0.6) is 5.75 Å². The van der Waals surface area contributed by atoms with E-state index in [4.69, 9.17) is 9.26 Å². The lowest BCUT2D eigenvalue weighted by Gasteiger charge is -2.12. The van der Waals surface area contributed by atoms with Gasteiger partial charge in [0.2, 0.25) is 5.89 Å². The summed E-state index contributed by atoms with van der Waals surface area (Å²) in [6, 6.07) is 11.9. The maximum Gasteiger partial charge on any atom is 0.237 e. The number of aromatic nitrogens is 5. The van der Waals surface area contributed by atoms with Crippen LogP contribution in [0.4, 0.5) is 0 Å². The summed E-state index contributed by atoms with van der Waals surface area (Å²) in [5.41, 5.74) is 0.885. The third kappa shape index (κ3) is 3.60. The number of nitrogens with zero attached hydrogens (tertiary/aromatic N) is 5. The largest absolute Gasteiger partial charge is 0.495 e. The molecular formula is C18H17N5O2S2. The molecule has 3 heterocycles. The molecule has 0 N–H and O–H groups in total. The topological polar surface area (TPSA) is 78.9 Å². The van der Waals surface area contributed by atoms with Gasteiger partial charge in [-0.2, -0.15) is 4.98 Å². The van der Waals surface area contributed by atoms with Crippen LogP contribution in [0.25, 0.3) is 16.4 Å². The van der Waals surface area contributed by atoms with Gasteiger partial charge in [-0.1, -0.05) is 42.0 Å². The smallest absolute Gasteiger partial charge is 0.237 e.